The Morgan fingerprint density at radius 2 is 1.75 bits per heavy atom. The molecule has 0 aliphatic carbocycles. The number of thiazole rings is 1. The van der Waals surface area contributed by atoms with Crippen LogP contribution in [0.4, 0.5) is 22.3 Å². The number of hydrogen-bond donors (Lipinski definition) is 3. The number of hydrogen-bond acceptors (Lipinski definition) is 15. The molecule has 3 aromatic carbocycles. The summed E-state index contributed by atoms with van der Waals surface area (Å²) >= 11 is 2.86. The lowest BCUT2D eigenvalue weighted by Gasteiger charge is -2.37. The predicted molar refractivity (Wildman–Crippen MR) is 235 cm³/mol. The van der Waals surface area contributed by atoms with Gasteiger partial charge in [0.05, 0.1) is 23.0 Å². The summed E-state index contributed by atoms with van der Waals surface area (Å²) < 4.78 is 34.9. The van der Waals surface area contributed by atoms with Crippen LogP contribution in [0.5, 0.6) is 0 Å². The number of anilines is 3. The standard InChI is InChI=1S/C42H41N9O7S3/c52-39(34-12-6-14-37(45-34)50-21-17-28-8-4-5-11-32(28)38(50)40(53)47-42-46-35-13-7-19-43-41(35)60-42)48-61(56,57)31-15-16-33(36(26-31)51(54)55)44-29(18-20-49-22-24-58-25-23-49)27-59-30-9-2-1-3-10-30/h1-16,19,26,29,38,44H,17-18,20-25,27H2,(H,48,52)(H,46,47,53)/t29-,38?/m1/s1. The molecule has 0 saturated carbocycles. The number of carbonyl (C=O) groups is 2. The molecule has 16 nitrogen and oxygen atoms in total. The van der Waals surface area contributed by atoms with Crippen molar-refractivity contribution in [1.29, 1.82) is 0 Å². The van der Waals surface area contributed by atoms with Gasteiger partial charge < -0.3 is 15.0 Å². The predicted octanol–water partition coefficient (Wildman–Crippen LogP) is 6.15. The van der Waals surface area contributed by atoms with Gasteiger partial charge in [-0.25, -0.2) is 28.1 Å². The number of pyridine rings is 2. The van der Waals surface area contributed by atoms with Crippen molar-refractivity contribution in [2.75, 3.05) is 60.7 Å². The number of fused-ring (bicyclic) bond motifs is 2. The number of amides is 2. The summed E-state index contributed by atoms with van der Waals surface area (Å²) in [6, 6.07) is 28.0. The van der Waals surface area contributed by atoms with Gasteiger partial charge in [0.2, 0.25) is 0 Å². The topological polar surface area (TPSA) is 202 Å². The number of ether oxygens (including phenoxy) is 1. The van der Waals surface area contributed by atoms with E-state index in [1.54, 1.807) is 41.1 Å². The van der Waals surface area contributed by atoms with Gasteiger partial charge in [0.1, 0.15) is 33.6 Å². The molecule has 5 heterocycles. The summed E-state index contributed by atoms with van der Waals surface area (Å²) in [4.78, 5) is 58.1. The molecule has 3 N–H and O–H groups in total. The Labute approximate surface area is 360 Å². The van der Waals surface area contributed by atoms with Crippen LogP contribution in [0.25, 0.3) is 10.3 Å². The lowest BCUT2D eigenvalue weighted by Crippen LogP contribution is -2.43. The van der Waals surface area contributed by atoms with Crippen LogP contribution >= 0.6 is 23.1 Å². The molecule has 1 saturated heterocycles. The van der Waals surface area contributed by atoms with Crippen molar-refractivity contribution in [3.63, 3.8) is 0 Å². The first-order valence-corrected chi connectivity index (χ1v) is 22.8. The second-order valence-electron chi connectivity index (χ2n) is 14.3. The number of sulfonamides is 1. The Hall–Kier alpha value is -5.99. The van der Waals surface area contributed by atoms with Crippen molar-refractivity contribution >= 4 is 77.6 Å². The molecule has 6 aromatic rings. The summed E-state index contributed by atoms with van der Waals surface area (Å²) in [5.41, 5.74) is 1.86. The molecule has 2 aliphatic rings. The van der Waals surface area contributed by atoms with E-state index in [0.717, 1.165) is 41.7 Å². The van der Waals surface area contributed by atoms with E-state index < -0.39 is 37.5 Å². The number of nitrogens with zero attached hydrogens (tertiary/aromatic N) is 6. The van der Waals surface area contributed by atoms with Gasteiger partial charge in [0.25, 0.3) is 27.5 Å². The Morgan fingerprint density at radius 3 is 2.56 bits per heavy atom. The number of carbonyl (C=O) groups excluding carboxylic acids is 2. The van der Waals surface area contributed by atoms with Crippen molar-refractivity contribution in [1.82, 2.24) is 24.6 Å². The molecular formula is C42H41N9O7S3. The van der Waals surface area contributed by atoms with Crippen LogP contribution in [0.2, 0.25) is 0 Å². The molecule has 0 spiro atoms. The fourth-order valence-corrected chi connectivity index (χ4v) is 10.1. The third kappa shape index (κ3) is 9.98. The van der Waals surface area contributed by atoms with E-state index in [2.05, 4.69) is 30.5 Å². The zero-order valence-corrected chi connectivity index (χ0v) is 35.1. The molecule has 61 heavy (non-hydrogen) atoms. The first kappa shape index (κ1) is 41.7. The average molecular weight is 880 g/mol. The first-order valence-electron chi connectivity index (χ1n) is 19.6. The smallest absolute Gasteiger partial charge is 0.293 e. The molecule has 0 radical (unpaired) electrons. The summed E-state index contributed by atoms with van der Waals surface area (Å²) in [6.45, 7) is 4.01. The van der Waals surface area contributed by atoms with E-state index in [1.165, 1.54) is 29.5 Å². The number of aromatic nitrogens is 3. The summed E-state index contributed by atoms with van der Waals surface area (Å²) in [5, 5.41) is 19.0. The third-order valence-electron chi connectivity index (χ3n) is 10.3. The Bertz CT molecular complexity index is 2630. The van der Waals surface area contributed by atoms with Gasteiger partial charge in [-0.1, -0.05) is 59.9 Å². The van der Waals surface area contributed by atoms with Crippen LogP contribution in [0.1, 0.15) is 34.1 Å². The highest BCUT2D eigenvalue weighted by Gasteiger charge is 2.35. The second kappa shape index (κ2) is 18.7. The number of benzene rings is 3. The van der Waals surface area contributed by atoms with Crippen LogP contribution in [-0.2, 0) is 26.0 Å². The second-order valence-corrected chi connectivity index (χ2v) is 18.1. The normalized spacial score (nSPS) is 16.1. The summed E-state index contributed by atoms with van der Waals surface area (Å²) in [7, 11) is -4.61. The Balaban J connectivity index is 0.994. The number of thioether (sulfide) groups is 1. The summed E-state index contributed by atoms with van der Waals surface area (Å²) in [5.74, 6) is -0.550. The molecule has 1 unspecified atom stereocenters. The van der Waals surface area contributed by atoms with E-state index in [9.17, 15) is 28.1 Å². The highest BCUT2D eigenvalue weighted by molar-refractivity contribution is 7.99. The highest BCUT2D eigenvalue weighted by atomic mass is 32.2. The molecular weight excluding hydrogens is 839 g/mol. The van der Waals surface area contributed by atoms with Gasteiger partial charge in [0.15, 0.2) is 5.13 Å². The minimum absolute atomic E-state index is 0.159. The van der Waals surface area contributed by atoms with E-state index in [-0.39, 0.29) is 29.1 Å². The van der Waals surface area contributed by atoms with E-state index in [1.807, 2.05) is 65.4 Å². The van der Waals surface area contributed by atoms with Crippen molar-refractivity contribution in [3.8, 4) is 0 Å². The Morgan fingerprint density at radius 1 is 0.951 bits per heavy atom. The number of rotatable bonds is 15. The molecule has 2 atom stereocenters. The van der Waals surface area contributed by atoms with Crippen LogP contribution in [-0.4, -0.2) is 96.2 Å². The van der Waals surface area contributed by atoms with E-state index in [4.69, 9.17) is 4.74 Å². The van der Waals surface area contributed by atoms with Crippen molar-refractivity contribution in [2.45, 2.75) is 34.7 Å². The van der Waals surface area contributed by atoms with Crippen LogP contribution in [0, 0.1) is 10.1 Å². The fourth-order valence-electron chi connectivity index (χ4n) is 7.28. The minimum Gasteiger partial charge on any atom is -0.379 e. The number of morpholine rings is 1. The maximum Gasteiger partial charge on any atom is 0.293 e. The first-order chi connectivity index (χ1) is 29.6. The lowest BCUT2D eigenvalue weighted by atomic mass is 9.92. The maximum absolute atomic E-state index is 14.0. The lowest BCUT2D eigenvalue weighted by molar-refractivity contribution is -0.384. The zero-order chi connectivity index (χ0) is 42.3. The van der Waals surface area contributed by atoms with E-state index in [0.29, 0.717) is 53.8 Å². The molecule has 2 aliphatic heterocycles. The maximum atomic E-state index is 14.0. The minimum atomic E-state index is -4.61. The van der Waals surface area contributed by atoms with Gasteiger partial charge in [-0.2, -0.15) is 0 Å². The molecule has 8 rings (SSSR count). The zero-order valence-electron chi connectivity index (χ0n) is 32.7. The molecule has 0 bridgehead atoms. The quantitative estimate of drug-likeness (QED) is 0.0602. The summed E-state index contributed by atoms with van der Waals surface area (Å²) in [6.07, 6.45) is 2.91. The fraction of sp³-hybridized carbons (Fsp3) is 0.262. The number of nitro groups is 1. The third-order valence-corrected chi connectivity index (χ3v) is 13.7. The van der Waals surface area contributed by atoms with Gasteiger partial charge in [-0.05, 0) is 72.5 Å². The number of nitrogens with one attached hydrogen (secondary N) is 3. The van der Waals surface area contributed by atoms with Gasteiger partial charge in [-0.3, -0.25) is 29.9 Å². The highest BCUT2D eigenvalue weighted by Crippen LogP contribution is 2.35. The van der Waals surface area contributed by atoms with Gasteiger partial charge in [-0.15, -0.1) is 11.8 Å². The monoisotopic (exact) mass is 879 g/mol. The molecule has 3 aromatic heterocycles. The van der Waals surface area contributed by atoms with Crippen molar-refractivity contribution < 1.29 is 27.7 Å². The SMILES string of the molecule is O=C(NS(=O)(=O)c1ccc(N[C@H](CCN2CCOCC2)CSc2ccccc2)c([N+](=O)[O-])c1)c1cccc(N2CCc3ccccc3C2C(=O)Nc2nc3cccnc3s2)n1. The van der Waals surface area contributed by atoms with Crippen molar-refractivity contribution in [3.05, 3.63) is 136 Å². The average Bonchev–Trinajstić information content (AvgIpc) is 3.69. The number of nitro benzene ring substituents is 1. The molecule has 314 valence electrons. The molecule has 19 heteroatoms. The largest absolute Gasteiger partial charge is 0.379 e. The van der Waals surface area contributed by atoms with Crippen LogP contribution < -0.4 is 20.3 Å². The van der Waals surface area contributed by atoms with Crippen LogP contribution in [0.3, 0.4) is 0 Å². The van der Waals surface area contributed by atoms with Gasteiger partial charge in [0, 0.05) is 55.1 Å². The van der Waals surface area contributed by atoms with Crippen molar-refractivity contribution in [2.24, 2.45) is 0 Å². The van der Waals surface area contributed by atoms with Crippen LogP contribution in [0.15, 0.2) is 119 Å². The Kier molecular flexibility index (Phi) is 12.8. The van der Waals surface area contributed by atoms with Gasteiger partial charge >= 0.3 is 0 Å². The molecule has 2 amide bonds. The molecule has 1 fully saturated rings. The van der Waals surface area contributed by atoms with E-state index >= 15 is 0 Å².